The van der Waals surface area contributed by atoms with Gasteiger partial charge >= 0.3 is 0 Å². The molecule has 0 saturated heterocycles. The van der Waals surface area contributed by atoms with Crippen LogP contribution in [0.25, 0.3) is 0 Å². The molecule has 0 aliphatic heterocycles. The van der Waals surface area contributed by atoms with E-state index in [2.05, 4.69) is 20.5 Å². The van der Waals surface area contributed by atoms with Gasteiger partial charge in [-0.15, -0.1) is 0 Å². The fourth-order valence-electron chi connectivity index (χ4n) is 2.64. The number of nitrogens with one attached hydrogen (secondary N) is 2. The van der Waals surface area contributed by atoms with Gasteiger partial charge in [0, 0.05) is 23.7 Å². The molecule has 2 heterocycles. The number of hydrazone groups is 1. The minimum atomic E-state index is -0.734. The van der Waals surface area contributed by atoms with Crippen LogP contribution in [0.2, 0.25) is 0 Å². The number of rotatable bonds is 3. The van der Waals surface area contributed by atoms with E-state index < -0.39 is 11.5 Å². The fourth-order valence-corrected chi connectivity index (χ4v) is 2.64. The zero-order valence-corrected chi connectivity index (χ0v) is 12.4. The molecule has 1 amide bonds. The summed E-state index contributed by atoms with van der Waals surface area (Å²) in [7, 11) is 0. The Morgan fingerprint density at radius 3 is 2.83 bits per heavy atom. The van der Waals surface area contributed by atoms with Gasteiger partial charge in [0.25, 0.3) is 11.5 Å². The average Bonchev–Trinajstić information content (AvgIpc) is 2.56. The highest BCUT2D eigenvalue weighted by atomic mass is 16.3. The molecule has 2 aromatic heterocycles. The van der Waals surface area contributed by atoms with Gasteiger partial charge in [0.05, 0.1) is 6.21 Å². The summed E-state index contributed by atoms with van der Waals surface area (Å²) in [4.78, 5) is 30.8. The second-order valence-electron chi connectivity index (χ2n) is 5.32. The Morgan fingerprint density at radius 1 is 1.30 bits per heavy atom. The quantitative estimate of drug-likeness (QED) is 0.583. The molecule has 0 unspecified atom stereocenters. The third-order valence-electron chi connectivity index (χ3n) is 3.79. The lowest BCUT2D eigenvalue weighted by molar-refractivity contribution is 0.0950. The molecule has 1 aliphatic rings. The molecular formula is C16H16N4O3. The van der Waals surface area contributed by atoms with Crippen LogP contribution < -0.4 is 11.0 Å². The van der Waals surface area contributed by atoms with Crippen molar-refractivity contribution in [3.63, 3.8) is 0 Å². The van der Waals surface area contributed by atoms with E-state index in [1.54, 1.807) is 24.5 Å². The first-order chi connectivity index (χ1) is 11.2. The first-order valence-electron chi connectivity index (χ1n) is 7.37. The molecule has 0 radical (unpaired) electrons. The Balaban J connectivity index is 1.82. The first kappa shape index (κ1) is 15.0. The van der Waals surface area contributed by atoms with Gasteiger partial charge < -0.3 is 10.1 Å². The highest BCUT2D eigenvalue weighted by Crippen LogP contribution is 2.28. The highest BCUT2D eigenvalue weighted by Gasteiger charge is 2.23. The summed E-state index contributed by atoms with van der Waals surface area (Å²) >= 11 is 0. The molecule has 7 heteroatoms. The monoisotopic (exact) mass is 312 g/mol. The fraction of sp³-hybridized carbons (Fsp3) is 0.250. The normalized spacial score (nSPS) is 13.7. The number of aryl methyl sites for hydroxylation is 1. The first-order valence-corrected chi connectivity index (χ1v) is 7.37. The number of fused-ring (bicyclic) bond motifs is 1. The summed E-state index contributed by atoms with van der Waals surface area (Å²) < 4.78 is 0. The summed E-state index contributed by atoms with van der Waals surface area (Å²) in [6.45, 7) is 0. The summed E-state index contributed by atoms with van der Waals surface area (Å²) in [5.74, 6) is -0.970. The Kier molecular flexibility index (Phi) is 4.18. The van der Waals surface area contributed by atoms with Gasteiger partial charge in [-0.3, -0.25) is 14.6 Å². The molecular weight excluding hydrogens is 296 g/mol. The minimum Gasteiger partial charge on any atom is -0.507 e. The predicted molar refractivity (Wildman–Crippen MR) is 84.7 cm³/mol. The smallest absolute Gasteiger partial charge is 0.280 e. The maximum Gasteiger partial charge on any atom is 0.280 e. The van der Waals surface area contributed by atoms with Crippen LogP contribution in [-0.4, -0.2) is 27.2 Å². The zero-order valence-electron chi connectivity index (χ0n) is 12.4. The molecule has 3 rings (SSSR count). The predicted octanol–water partition coefficient (Wildman–Crippen LogP) is 1.12. The van der Waals surface area contributed by atoms with E-state index in [0.717, 1.165) is 24.1 Å². The van der Waals surface area contributed by atoms with Crippen molar-refractivity contribution < 1.29 is 9.90 Å². The Bertz CT molecular complexity index is 812. The maximum absolute atomic E-state index is 12.1. The van der Waals surface area contributed by atoms with Gasteiger partial charge in [-0.25, -0.2) is 5.43 Å². The van der Waals surface area contributed by atoms with Crippen molar-refractivity contribution in [3.05, 3.63) is 57.3 Å². The highest BCUT2D eigenvalue weighted by molar-refractivity contribution is 5.97. The standard InChI is InChI=1S/C16H16N4O3/c21-14-11-3-1-2-4-12(11)19-15(22)13(14)16(23)20-18-9-10-5-7-17-8-6-10/h5-9H,1-4H2,(H,20,23)(H2,19,21,22)/b18-9-. The lowest BCUT2D eigenvalue weighted by Crippen LogP contribution is -2.29. The molecule has 0 spiro atoms. The topological polar surface area (TPSA) is 107 Å². The van der Waals surface area contributed by atoms with E-state index in [0.29, 0.717) is 18.4 Å². The van der Waals surface area contributed by atoms with Crippen LogP contribution in [-0.2, 0) is 12.8 Å². The summed E-state index contributed by atoms with van der Waals surface area (Å²) in [6, 6.07) is 3.44. The molecule has 118 valence electrons. The minimum absolute atomic E-state index is 0.236. The van der Waals surface area contributed by atoms with Crippen LogP contribution in [0, 0.1) is 0 Å². The van der Waals surface area contributed by atoms with Crippen LogP contribution in [0.4, 0.5) is 0 Å². The van der Waals surface area contributed by atoms with Crippen molar-refractivity contribution in [1.29, 1.82) is 0 Å². The van der Waals surface area contributed by atoms with Crippen LogP contribution >= 0.6 is 0 Å². The number of pyridine rings is 2. The molecule has 2 aromatic rings. The second-order valence-corrected chi connectivity index (χ2v) is 5.32. The molecule has 23 heavy (non-hydrogen) atoms. The number of aromatic nitrogens is 2. The number of aromatic amines is 1. The van der Waals surface area contributed by atoms with Crippen molar-refractivity contribution in [1.82, 2.24) is 15.4 Å². The van der Waals surface area contributed by atoms with Crippen molar-refractivity contribution >= 4 is 12.1 Å². The number of hydrogen-bond acceptors (Lipinski definition) is 5. The van der Waals surface area contributed by atoms with Crippen LogP contribution in [0.15, 0.2) is 34.4 Å². The number of nitrogens with zero attached hydrogens (tertiary/aromatic N) is 2. The third kappa shape index (κ3) is 3.13. The van der Waals surface area contributed by atoms with E-state index in [9.17, 15) is 14.7 Å². The van der Waals surface area contributed by atoms with Gasteiger partial charge in [-0.2, -0.15) is 5.10 Å². The van der Waals surface area contributed by atoms with Gasteiger partial charge in [-0.1, -0.05) is 0 Å². The van der Waals surface area contributed by atoms with E-state index in [4.69, 9.17) is 0 Å². The van der Waals surface area contributed by atoms with Crippen LogP contribution in [0.1, 0.15) is 40.0 Å². The number of hydrogen-bond donors (Lipinski definition) is 3. The molecule has 1 aliphatic carbocycles. The van der Waals surface area contributed by atoms with Crippen LogP contribution in [0.3, 0.4) is 0 Å². The van der Waals surface area contributed by atoms with Gasteiger partial charge in [0.1, 0.15) is 11.3 Å². The Hall–Kier alpha value is -2.96. The molecule has 0 atom stereocenters. The Morgan fingerprint density at radius 2 is 2.04 bits per heavy atom. The zero-order chi connectivity index (χ0) is 16.2. The van der Waals surface area contributed by atoms with E-state index in [1.807, 2.05) is 0 Å². The number of amides is 1. The van der Waals surface area contributed by atoms with Gasteiger partial charge in [-0.05, 0) is 43.4 Å². The molecule has 3 N–H and O–H groups in total. The lowest BCUT2D eigenvalue weighted by atomic mass is 9.94. The van der Waals surface area contributed by atoms with Crippen molar-refractivity contribution in [2.45, 2.75) is 25.7 Å². The van der Waals surface area contributed by atoms with Crippen molar-refractivity contribution in [2.75, 3.05) is 0 Å². The van der Waals surface area contributed by atoms with E-state index in [1.165, 1.54) is 6.21 Å². The average molecular weight is 312 g/mol. The summed E-state index contributed by atoms with van der Waals surface area (Å²) in [5.41, 5.74) is 3.50. The molecule has 0 bridgehead atoms. The molecule has 0 saturated carbocycles. The Labute approximate surface area is 132 Å². The van der Waals surface area contributed by atoms with Crippen molar-refractivity contribution in [3.8, 4) is 5.75 Å². The van der Waals surface area contributed by atoms with Gasteiger partial charge in [0.2, 0.25) is 0 Å². The third-order valence-corrected chi connectivity index (χ3v) is 3.79. The largest absolute Gasteiger partial charge is 0.507 e. The number of H-pyrrole nitrogens is 1. The number of carbonyl (C=O) groups excluding carboxylic acids is 1. The molecule has 7 nitrogen and oxygen atoms in total. The number of aromatic hydroxyl groups is 1. The lowest BCUT2D eigenvalue weighted by Gasteiger charge is -2.17. The SMILES string of the molecule is O=C(N/N=C\c1ccncc1)c1c(O)c2c([nH]c1=O)CCCC2. The maximum atomic E-state index is 12.1. The summed E-state index contributed by atoms with van der Waals surface area (Å²) in [5, 5.41) is 14.1. The van der Waals surface area contributed by atoms with E-state index >= 15 is 0 Å². The van der Waals surface area contributed by atoms with Crippen molar-refractivity contribution in [2.24, 2.45) is 5.10 Å². The van der Waals surface area contributed by atoms with Gasteiger partial charge in [0.15, 0.2) is 0 Å². The number of carbonyl (C=O) groups is 1. The second kappa shape index (κ2) is 6.43. The van der Waals surface area contributed by atoms with Crippen LogP contribution in [0.5, 0.6) is 5.75 Å². The summed E-state index contributed by atoms with van der Waals surface area (Å²) in [6.07, 6.45) is 7.88. The molecule has 0 fully saturated rings. The van der Waals surface area contributed by atoms with E-state index in [-0.39, 0.29) is 11.3 Å². The molecule has 0 aromatic carbocycles.